The van der Waals surface area contributed by atoms with E-state index >= 15 is 0 Å². The first-order chi connectivity index (χ1) is 16.2. The third-order valence-corrected chi connectivity index (χ3v) is 7.11. The van der Waals surface area contributed by atoms with E-state index in [0.717, 1.165) is 22.1 Å². The number of furan rings is 1. The van der Waals surface area contributed by atoms with Gasteiger partial charge in [0.25, 0.3) is 10.0 Å². The van der Waals surface area contributed by atoms with E-state index in [2.05, 4.69) is 10.0 Å². The number of fused-ring (bicyclic) bond motifs is 1. The summed E-state index contributed by atoms with van der Waals surface area (Å²) in [4.78, 5) is 12.8. The molecular weight excluding hydrogens is 452 g/mol. The van der Waals surface area contributed by atoms with Gasteiger partial charge in [-0.05, 0) is 62.2 Å². The van der Waals surface area contributed by atoms with Crippen LogP contribution < -0.4 is 14.8 Å². The molecule has 0 radical (unpaired) electrons. The van der Waals surface area contributed by atoms with E-state index in [1.54, 1.807) is 50.6 Å². The summed E-state index contributed by atoms with van der Waals surface area (Å²) in [5.74, 6) is 0.383. The van der Waals surface area contributed by atoms with Crippen molar-refractivity contribution >= 4 is 38.3 Å². The van der Waals surface area contributed by atoms with Crippen LogP contribution in [0.2, 0.25) is 0 Å². The highest BCUT2D eigenvalue weighted by Crippen LogP contribution is 2.27. The highest BCUT2D eigenvalue weighted by Gasteiger charge is 2.19. The fourth-order valence-corrected chi connectivity index (χ4v) is 5.20. The van der Waals surface area contributed by atoms with Crippen LogP contribution in [0.4, 0.5) is 11.4 Å². The van der Waals surface area contributed by atoms with Gasteiger partial charge in [-0.3, -0.25) is 9.52 Å². The number of hydrogen-bond acceptors (Lipinski definition) is 5. The number of anilines is 2. The summed E-state index contributed by atoms with van der Waals surface area (Å²) in [5.41, 5.74) is 4.72. The summed E-state index contributed by atoms with van der Waals surface area (Å²) in [6, 6.07) is 15.7. The normalized spacial score (nSPS) is 11.4. The van der Waals surface area contributed by atoms with E-state index in [4.69, 9.17) is 9.15 Å². The molecule has 0 aliphatic rings. The first kappa shape index (κ1) is 23.4. The third-order valence-electron chi connectivity index (χ3n) is 5.60. The molecule has 1 aromatic heterocycles. The summed E-state index contributed by atoms with van der Waals surface area (Å²) in [6.07, 6.45) is 1.62. The monoisotopic (exact) mass is 478 g/mol. The molecule has 0 saturated carbocycles. The quantitative estimate of drug-likeness (QED) is 0.373. The standard InChI is InChI=1S/C26H26N2O5S/c1-16-5-10-23(18(3)11-16)28-34(30,31)25-13-20(7-6-17(25)2)27-26(29)12-19-15-33-24-14-21(32-4)8-9-22(19)24/h5-11,13-15,28H,12H2,1-4H3,(H,27,29). The predicted molar refractivity (Wildman–Crippen MR) is 133 cm³/mol. The average Bonchev–Trinajstić information content (AvgIpc) is 3.18. The minimum atomic E-state index is -3.85. The fourth-order valence-electron chi connectivity index (χ4n) is 3.80. The van der Waals surface area contributed by atoms with Gasteiger partial charge in [-0.25, -0.2) is 8.42 Å². The second kappa shape index (κ2) is 9.23. The number of hydrogen-bond donors (Lipinski definition) is 2. The molecule has 0 spiro atoms. The van der Waals surface area contributed by atoms with Crippen molar-refractivity contribution in [3.8, 4) is 5.75 Å². The maximum absolute atomic E-state index is 13.1. The van der Waals surface area contributed by atoms with E-state index in [1.165, 1.54) is 6.07 Å². The van der Waals surface area contributed by atoms with Crippen molar-refractivity contribution in [2.75, 3.05) is 17.1 Å². The molecule has 7 nitrogen and oxygen atoms in total. The third kappa shape index (κ3) is 4.92. The fraction of sp³-hybridized carbons (Fsp3) is 0.192. The lowest BCUT2D eigenvalue weighted by atomic mass is 10.1. The van der Waals surface area contributed by atoms with Crippen LogP contribution in [0.25, 0.3) is 11.0 Å². The van der Waals surface area contributed by atoms with Gasteiger partial charge in [0, 0.05) is 22.7 Å². The number of aryl methyl sites for hydroxylation is 3. The molecule has 4 aromatic rings. The molecule has 0 saturated heterocycles. The molecule has 1 heterocycles. The first-order valence-corrected chi connectivity index (χ1v) is 12.2. The number of ether oxygens (including phenoxy) is 1. The lowest BCUT2D eigenvalue weighted by Crippen LogP contribution is -2.17. The van der Waals surface area contributed by atoms with E-state index in [1.807, 2.05) is 32.0 Å². The van der Waals surface area contributed by atoms with Crippen LogP contribution in [-0.2, 0) is 21.2 Å². The maximum atomic E-state index is 13.1. The number of methoxy groups -OCH3 is 1. The van der Waals surface area contributed by atoms with Gasteiger partial charge >= 0.3 is 0 Å². The van der Waals surface area contributed by atoms with Gasteiger partial charge < -0.3 is 14.5 Å². The number of benzene rings is 3. The maximum Gasteiger partial charge on any atom is 0.262 e. The minimum Gasteiger partial charge on any atom is -0.497 e. The molecule has 34 heavy (non-hydrogen) atoms. The summed E-state index contributed by atoms with van der Waals surface area (Å²) >= 11 is 0. The molecular formula is C26H26N2O5S. The number of nitrogens with one attached hydrogen (secondary N) is 2. The summed E-state index contributed by atoms with van der Waals surface area (Å²) in [7, 11) is -2.28. The topological polar surface area (TPSA) is 97.6 Å². The molecule has 176 valence electrons. The zero-order valence-corrected chi connectivity index (χ0v) is 20.2. The van der Waals surface area contributed by atoms with E-state index in [9.17, 15) is 13.2 Å². The molecule has 0 bridgehead atoms. The molecule has 0 aliphatic heterocycles. The Hall–Kier alpha value is -3.78. The highest BCUT2D eigenvalue weighted by atomic mass is 32.2. The second-order valence-electron chi connectivity index (χ2n) is 8.25. The molecule has 0 atom stereocenters. The van der Waals surface area contributed by atoms with Crippen molar-refractivity contribution in [2.24, 2.45) is 0 Å². The minimum absolute atomic E-state index is 0.0795. The SMILES string of the molecule is COc1ccc2c(CC(=O)Nc3ccc(C)c(S(=O)(=O)Nc4ccc(C)cc4C)c3)coc2c1. The molecule has 1 amide bonds. The molecule has 0 fully saturated rings. The lowest BCUT2D eigenvalue weighted by Gasteiger charge is -2.14. The van der Waals surface area contributed by atoms with Gasteiger partial charge in [0.1, 0.15) is 11.3 Å². The van der Waals surface area contributed by atoms with Gasteiger partial charge in [-0.15, -0.1) is 0 Å². The predicted octanol–water partition coefficient (Wildman–Crippen LogP) is 5.35. The van der Waals surface area contributed by atoms with Gasteiger partial charge in [0.05, 0.1) is 30.4 Å². The number of carbonyl (C=O) groups excluding carboxylic acids is 1. The van der Waals surface area contributed by atoms with Crippen LogP contribution in [0.3, 0.4) is 0 Å². The number of amides is 1. The van der Waals surface area contributed by atoms with Crippen molar-refractivity contribution in [2.45, 2.75) is 32.1 Å². The Morgan fingerprint density at radius 1 is 0.971 bits per heavy atom. The van der Waals surface area contributed by atoms with Crippen LogP contribution in [0.5, 0.6) is 5.75 Å². The van der Waals surface area contributed by atoms with Gasteiger partial charge in [-0.1, -0.05) is 23.8 Å². The van der Waals surface area contributed by atoms with Crippen LogP contribution in [0.15, 0.2) is 70.2 Å². The summed E-state index contributed by atoms with van der Waals surface area (Å²) in [5, 5.41) is 3.61. The Kier molecular flexibility index (Phi) is 6.34. The number of rotatable bonds is 7. The average molecular weight is 479 g/mol. The molecule has 2 N–H and O–H groups in total. The molecule has 8 heteroatoms. The van der Waals surface area contributed by atoms with Crippen LogP contribution >= 0.6 is 0 Å². The smallest absolute Gasteiger partial charge is 0.262 e. The van der Waals surface area contributed by atoms with Gasteiger partial charge in [0.2, 0.25) is 5.91 Å². The molecule has 0 aliphatic carbocycles. The lowest BCUT2D eigenvalue weighted by molar-refractivity contribution is -0.115. The Morgan fingerprint density at radius 2 is 1.76 bits per heavy atom. The summed E-state index contributed by atoms with van der Waals surface area (Å²) in [6.45, 7) is 5.52. The zero-order chi connectivity index (χ0) is 24.5. The molecule has 3 aromatic carbocycles. The molecule has 4 rings (SSSR count). The number of carbonyl (C=O) groups is 1. The van der Waals surface area contributed by atoms with Crippen LogP contribution in [0.1, 0.15) is 22.3 Å². The number of sulfonamides is 1. The van der Waals surface area contributed by atoms with Crippen molar-refractivity contribution in [1.82, 2.24) is 0 Å². The second-order valence-corrected chi connectivity index (χ2v) is 9.90. The Labute approximate surface area is 198 Å². The Balaban J connectivity index is 1.53. The first-order valence-electron chi connectivity index (χ1n) is 10.7. The van der Waals surface area contributed by atoms with Gasteiger partial charge in [-0.2, -0.15) is 0 Å². The van der Waals surface area contributed by atoms with Crippen molar-refractivity contribution in [3.63, 3.8) is 0 Å². The van der Waals surface area contributed by atoms with Crippen LogP contribution in [-0.4, -0.2) is 21.4 Å². The Morgan fingerprint density at radius 3 is 2.50 bits per heavy atom. The van der Waals surface area contributed by atoms with Gasteiger partial charge in [0.15, 0.2) is 0 Å². The molecule has 0 unspecified atom stereocenters. The van der Waals surface area contributed by atoms with E-state index in [-0.39, 0.29) is 17.2 Å². The highest BCUT2D eigenvalue weighted by molar-refractivity contribution is 7.92. The largest absolute Gasteiger partial charge is 0.497 e. The van der Waals surface area contributed by atoms with E-state index in [0.29, 0.717) is 28.3 Å². The van der Waals surface area contributed by atoms with Crippen LogP contribution in [0, 0.1) is 20.8 Å². The summed E-state index contributed by atoms with van der Waals surface area (Å²) < 4.78 is 39.6. The van der Waals surface area contributed by atoms with Crippen molar-refractivity contribution in [1.29, 1.82) is 0 Å². The Bertz CT molecular complexity index is 1490. The van der Waals surface area contributed by atoms with E-state index < -0.39 is 10.0 Å². The van der Waals surface area contributed by atoms with Crippen molar-refractivity contribution < 1.29 is 22.4 Å². The zero-order valence-electron chi connectivity index (χ0n) is 19.4. The van der Waals surface area contributed by atoms with Crippen molar-refractivity contribution in [3.05, 3.63) is 83.1 Å².